The van der Waals surface area contributed by atoms with Crippen molar-refractivity contribution in [2.45, 2.75) is 44.7 Å². The van der Waals surface area contributed by atoms with Gasteiger partial charge in [-0.15, -0.1) is 0 Å². The molecule has 6 heteroatoms. The van der Waals surface area contributed by atoms with E-state index in [2.05, 4.69) is 22.8 Å². The summed E-state index contributed by atoms with van der Waals surface area (Å²) in [5.74, 6) is 0.241. The summed E-state index contributed by atoms with van der Waals surface area (Å²) in [7, 11) is 0. The number of nitrogens with one attached hydrogen (secondary N) is 2. The van der Waals surface area contributed by atoms with Crippen molar-refractivity contribution in [2.24, 2.45) is 5.92 Å². The van der Waals surface area contributed by atoms with Crippen molar-refractivity contribution >= 4 is 17.3 Å². The molecule has 2 N–H and O–H groups in total. The summed E-state index contributed by atoms with van der Waals surface area (Å²) in [5.41, 5.74) is 3.51. The first-order valence-electron chi connectivity index (χ1n) is 10.1. The third kappa shape index (κ3) is 3.50. The van der Waals surface area contributed by atoms with Crippen LogP contribution in [0.15, 0.2) is 54.6 Å². The lowest BCUT2D eigenvalue weighted by Crippen LogP contribution is -2.33. The van der Waals surface area contributed by atoms with Crippen molar-refractivity contribution in [2.75, 3.05) is 5.32 Å². The molecular weight excluding hydrogens is 366 g/mol. The summed E-state index contributed by atoms with van der Waals surface area (Å²) in [6.07, 6.45) is 6.03. The van der Waals surface area contributed by atoms with Crippen molar-refractivity contribution in [3.63, 3.8) is 0 Å². The second kappa shape index (κ2) is 7.70. The number of fused-ring (bicyclic) bond motifs is 3. The first-order valence-corrected chi connectivity index (χ1v) is 10.1. The molecule has 1 aliphatic carbocycles. The molecule has 1 aliphatic heterocycles. The van der Waals surface area contributed by atoms with Crippen LogP contribution in [0.5, 0.6) is 0 Å². The van der Waals surface area contributed by atoms with E-state index in [-0.39, 0.29) is 40.4 Å². The topological polar surface area (TPSA) is 84.3 Å². The molecule has 4 rings (SSSR count). The molecule has 4 atom stereocenters. The molecule has 0 saturated carbocycles. The van der Waals surface area contributed by atoms with Crippen molar-refractivity contribution in [1.82, 2.24) is 5.32 Å². The molecule has 2 aliphatic rings. The van der Waals surface area contributed by atoms with Gasteiger partial charge in [0.2, 0.25) is 0 Å². The molecular formula is C23H25N3O3. The van der Waals surface area contributed by atoms with Crippen LogP contribution >= 0.6 is 0 Å². The monoisotopic (exact) mass is 391 g/mol. The number of hydrogen-bond donors (Lipinski definition) is 2. The van der Waals surface area contributed by atoms with Crippen molar-refractivity contribution in [3.05, 3.63) is 81.4 Å². The zero-order valence-electron chi connectivity index (χ0n) is 16.6. The second-order valence-electron chi connectivity index (χ2n) is 7.88. The molecule has 6 nitrogen and oxygen atoms in total. The second-order valence-corrected chi connectivity index (χ2v) is 7.88. The molecule has 1 heterocycles. The number of benzene rings is 2. The van der Waals surface area contributed by atoms with E-state index in [9.17, 15) is 14.9 Å². The Morgan fingerprint density at radius 2 is 2.07 bits per heavy atom. The fourth-order valence-corrected chi connectivity index (χ4v) is 4.37. The Morgan fingerprint density at radius 1 is 1.28 bits per heavy atom. The summed E-state index contributed by atoms with van der Waals surface area (Å²) in [6, 6.07) is 12.6. The van der Waals surface area contributed by atoms with Gasteiger partial charge in [-0.25, -0.2) is 0 Å². The molecule has 2 aromatic carbocycles. The van der Waals surface area contributed by atoms with Crippen LogP contribution < -0.4 is 10.6 Å². The van der Waals surface area contributed by atoms with Gasteiger partial charge < -0.3 is 10.6 Å². The first-order chi connectivity index (χ1) is 14.0. The highest BCUT2D eigenvalue weighted by molar-refractivity contribution is 5.95. The number of allylic oxidation sites excluding steroid dienone is 2. The van der Waals surface area contributed by atoms with Crippen LogP contribution in [0, 0.1) is 16.0 Å². The molecule has 0 bridgehead atoms. The summed E-state index contributed by atoms with van der Waals surface area (Å²) in [5, 5.41) is 18.1. The van der Waals surface area contributed by atoms with E-state index in [0.717, 1.165) is 24.1 Å². The Bertz CT molecular complexity index is 985. The van der Waals surface area contributed by atoms with Gasteiger partial charge >= 0.3 is 0 Å². The van der Waals surface area contributed by atoms with E-state index in [1.165, 1.54) is 0 Å². The van der Waals surface area contributed by atoms with Crippen LogP contribution in [-0.2, 0) is 0 Å². The Balaban J connectivity index is 1.70. The number of nitro benzene ring substituents is 1. The highest BCUT2D eigenvalue weighted by Crippen LogP contribution is 2.51. The SMILES string of the molecule is CCC(C)NC(=O)c1ccc2c(c1)C1C=CCC1C(c1ccccc1[N+](=O)[O-])N2. The maximum atomic E-state index is 12.6. The Morgan fingerprint density at radius 3 is 2.83 bits per heavy atom. The zero-order chi connectivity index (χ0) is 20.5. The van der Waals surface area contributed by atoms with Crippen LogP contribution in [0.2, 0.25) is 0 Å². The van der Waals surface area contributed by atoms with Crippen LogP contribution in [-0.4, -0.2) is 16.9 Å². The van der Waals surface area contributed by atoms with Gasteiger partial charge in [-0.1, -0.05) is 37.3 Å². The normalized spacial score (nSPS) is 22.9. The molecule has 4 unspecified atom stereocenters. The van der Waals surface area contributed by atoms with Crippen LogP contribution in [0.25, 0.3) is 0 Å². The molecule has 0 spiro atoms. The standard InChI is InChI=1S/C23H25N3O3/c1-3-14(2)24-23(27)15-11-12-20-19(13-15)16-8-6-9-17(16)22(25-20)18-7-4-5-10-21(18)26(28)29/h4-8,10-14,16-17,22,25H,3,9H2,1-2H3,(H,24,27). The van der Waals surface area contributed by atoms with E-state index in [1.54, 1.807) is 12.1 Å². The molecule has 0 saturated heterocycles. The first kappa shape index (κ1) is 19.2. The smallest absolute Gasteiger partial charge is 0.274 e. The highest BCUT2D eigenvalue weighted by Gasteiger charge is 2.40. The van der Waals surface area contributed by atoms with Crippen molar-refractivity contribution in [1.29, 1.82) is 0 Å². The molecule has 0 radical (unpaired) electrons. The molecule has 2 aromatic rings. The summed E-state index contributed by atoms with van der Waals surface area (Å²) < 4.78 is 0. The van der Waals surface area contributed by atoms with Crippen LogP contribution in [0.3, 0.4) is 0 Å². The predicted molar refractivity (Wildman–Crippen MR) is 113 cm³/mol. The summed E-state index contributed by atoms with van der Waals surface area (Å²) >= 11 is 0. The van der Waals surface area contributed by atoms with Gasteiger partial charge in [0.25, 0.3) is 11.6 Å². The lowest BCUT2D eigenvalue weighted by atomic mass is 9.76. The number of carbonyl (C=O) groups is 1. The molecule has 29 heavy (non-hydrogen) atoms. The average Bonchev–Trinajstić information content (AvgIpc) is 3.22. The van der Waals surface area contributed by atoms with Crippen LogP contribution in [0.4, 0.5) is 11.4 Å². The van der Waals surface area contributed by atoms with Gasteiger partial charge in [-0.2, -0.15) is 0 Å². The van der Waals surface area contributed by atoms with E-state index in [0.29, 0.717) is 11.1 Å². The zero-order valence-corrected chi connectivity index (χ0v) is 16.6. The van der Waals surface area contributed by atoms with E-state index in [4.69, 9.17) is 0 Å². The van der Waals surface area contributed by atoms with Gasteiger partial charge in [0.05, 0.1) is 16.5 Å². The molecule has 1 amide bonds. The number of nitro groups is 1. The number of hydrogen-bond acceptors (Lipinski definition) is 4. The third-order valence-corrected chi connectivity index (χ3v) is 6.08. The number of carbonyl (C=O) groups excluding carboxylic acids is 1. The van der Waals surface area contributed by atoms with Gasteiger partial charge in [0.15, 0.2) is 0 Å². The minimum Gasteiger partial charge on any atom is -0.377 e. The molecule has 0 aromatic heterocycles. The van der Waals surface area contributed by atoms with E-state index < -0.39 is 0 Å². The lowest BCUT2D eigenvalue weighted by molar-refractivity contribution is -0.385. The lowest BCUT2D eigenvalue weighted by Gasteiger charge is -2.37. The van der Waals surface area contributed by atoms with Crippen molar-refractivity contribution < 1.29 is 9.72 Å². The minimum absolute atomic E-state index is 0.0681. The quantitative estimate of drug-likeness (QED) is 0.429. The largest absolute Gasteiger partial charge is 0.377 e. The number of nitrogens with zero attached hydrogens (tertiary/aromatic N) is 1. The van der Waals surface area contributed by atoms with E-state index >= 15 is 0 Å². The Hall–Kier alpha value is -3.15. The average molecular weight is 391 g/mol. The minimum atomic E-state index is -0.313. The van der Waals surface area contributed by atoms with Crippen LogP contribution in [0.1, 0.15) is 60.1 Å². The van der Waals surface area contributed by atoms with Gasteiger partial charge in [0, 0.05) is 29.3 Å². The maximum Gasteiger partial charge on any atom is 0.274 e. The van der Waals surface area contributed by atoms with Crippen molar-refractivity contribution in [3.8, 4) is 0 Å². The fourth-order valence-electron chi connectivity index (χ4n) is 4.37. The number of para-hydroxylation sites is 1. The maximum absolute atomic E-state index is 12.6. The number of rotatable bonds is 5. The Kier molecular flexibility index (Phi) is 5.09. The Labute approximate surface area is 170 Å². The summed E-state index contributed by atoms with van der Waals surface area (Å²) in [4.78, 5) is 23.8. The van der Waals surface area contributed by atoms with Gasteiger partial charge in [-0.3, -0.25) is 14.9 Å². The summed E-state index contributed by atoms with van der Waals surface area (Å²) in [6.45, 7) is 4.03. The number of amides is 1. The molecule has 150 valence electrons. The van der Waals surface area contributed by atoms with E-state index in [1.807, 2.05) is 44.2 Å². The van der Waals surface area contributed by atoms with Gasteiger partial charge in [-0.05, 0) is 49.4 Å². The fraction of sp³-hybridized carbons (Fsp3) is 0.348. The number of anilines is 1. The third-order valence-electron chi connectivity index (χ3n) is 6.08. The van der Waals surface area contributed by atoms with Gasteiger partial charge in [0.1, 0.15) is 0 Å². The predicted octanol–water partition coefficient (Wildman–Crippen LogP) is 4.95. The molecule has 0 fully saturated rings. The highest BCUT2D eigenvalue weighted by atomic mass is 16.6.